The summed E-state index contributed by atoms with van der Waals surface area (Å²) in [7, 11) is 0. The molecule has 2 aliphatic carbocycles. The zero-order valence-electron chi connectivity index (χ0n) is 18.2. The summed E-state index contributed by atoms with van der Waals surface area (Å²) in [5.41, 5.74) is 9.59. The predicted octanol–water partition coefficient (Wildman–Crippen LogP) is 8.43. The van der Waals surface area contributed by atoms with Gasteiger partial charge in [0.2, 0.25) is 0 Å². The maximum atomic E-state index is 2.60. The van der Waals surface area contributed by atoms with Crippen LogP contribution in [0.2, 0.25) is 3.17 Å². The second kappa shape index (κ2) is 8.77. The van der Waals surface area contributed by atoms with Gasteiger partial charge in [-0.1, -0.05) is 0 Å². The van der Waals surface area contributed by atoms with Crippen LogP contribution in [0, 0.1) is 0 Å². The fraction of sp³-hybridized carbons (Fsp3) is 0.538. The van der Waals surface area contributed by atoms with Gasteiger partial charge in [0, 0.05) is 0 Å². The van der Waals surface area contributed by atoms with Crippen LogP contribution in [0.15, 0.2) is 49.9 Å². The second-order valence-corrected chi connectivity index (χ2v) is 15.3. The molecular formula is C26H36Hf. The van der Waals surface area contributed by atoms with E-state index in [9.17, 15) is 0 Å². The minimum absolute atomic E-state index is 0.391. The molecule has 3 rings (SSSR count). The van der Waals surface area contributed by atoms with Crippen LogP contribution in [0.3, 0.4) is 0 Å². The van der Waals surface area contributed by atoms with Crippen LogP contribution in [0.5, 0.6) is 0 Å². The molecule has 1 atom stereocenters. The second-order valence-electron chi connectivity index (χ2n) is 8.73. The molecule has 0 N–H and O–H groups in total. The summed E-state index contributed by atoms with van der Waals surface area (Å²) in [5.74, 6) is 0.713. The first-order valence-corrected chi connectivity index (χ1v) is 14.4. The van der Waals surface area contributed by atoms with Gasteiger partial charge in [0.05, 0.1) is 0 Å². The van der Waals surface area contributed by atoms with Gasteiger partial charge in [-0.05, 0) is 0 Å². The van der Waals surface area contributed by atoms with Crippen molar-refractivity contribution in [2.24, 2.45) is 0 Å². The van der Waals surface area contributed by atoms with Crippen molar-refractivity contribution < 1.29 is 22.9 Å². The number of rotatable bonds is 8. The van der Waals surface area contributed by atoms with E-state index in [-0.39, 0.29) is 0 Å². The summed E-state index contributed by atoms with van der Waals surface area (Å²) in [5, 5.41) is 0. The van der Waals surface area contributed by atoms with Crippen molar-refractivity contribution in [3.63, 3.8) is 0 Å². The van der Waals surface area contributed by atoms with Crippen molar-refractivity contribution in [1.29, 1.82) is 0 Å². The molecule has 1 heteroatoms. The zero-order valence-corrected chi connectivity index (χ0v) is 21.8. The van der Waals surface area contributed by atoms with E-state index in [0.29, 0.717) is 9.09 Å². The summed E-state index contributed by atoms with van der Waals surface area (Å²) in [6, 6.07) is 9.20. The number of benzene rings is 1. The summed E-state index contributed by atoms with van der Waals surface area (Å²) in [4.78, 5) is 0. The third kappa shape index (κ3) is 4.04. The molecule has 0 heterocycles. The number of fused-ring (bicyclic) bond motifs is 1. The van der Waals surface area contributed by atoms with Crippen LogP contribution in [0.1, 0.15) is 97.1 Å². The Bertz CT molecular complexity index is 766. The predicted molar refractivity (Wildman–Crippen MR) is 116 cm³/mol. The van der Waals surface area contributed by atoms with Gasteiger partial charge in [-0.25, -0.2) is 0 Å². The molecule has 0 spiro atoms. The number of allylic oxidation sites excluding steroid dienone is 5. The monoisotopic (exact) mass is 528 g/mol. The molecule has 0 nitrogen and oxygen atoms in total. The third-order valence-electron chi connectivity index (χ3n) is 7.24. The van der Waals surface area contributed by atoms with Crippen LogP contribution >= 0.6 is 0 Å². The van der Waals surface area contributed by atoms with E-state index in [2.05, 4.69) is 71.9 Å². The summed E-state index contributed by atoms with van der Waals surface area (Å²) < 4.78 is 2.25. The fourth-order valence-corrected chi connectivity index (χ4v) is 12.1. The van der Waals surface area contributed by atoms with Crippen LogP contribution < -0.4 is 0 Å². The standard InChI is InChI=1S/C16H21.C10H15.Hf/c1-2-3-4-5-6-9-14-12-13-15-10-7-8-11-16(14)15;1-6-7(2)9(4)10(5)8(6)3;/h7-8,10-11,13-14H,2-6,9H2,1H3;1-5H3;. The van der Waals surface area contributed by atoms with Crippen LogP contribution in [-0.4, -0.2) is 0 Å². The molecule has 2 aliphatic rings. The molecule has 0 amide bonds. The van der Waals surface area contributed by atoms with Crippen molar-refractivity contribution in [1.82, 2.24) is 0 Å². The van der Waals surface area contributed by atoms with E-state index in [4.69, 9.17) is 0 Å². The Labute approximate surface area is 178 Å². The summed E-state index contributed by atoms with van der Waals surface area (Å²) in [6.07, 6.45) is 10.9. The Balaban J connectivity index is 1.81. The normalized spacial score (nSPS) is 21.0. The first-order chi connectivity index (χ1) is 12.9. The molecule has 27 heavy (non-hydrogen) atoms. The quantitative estimate of drug-likeness (QED) is 0.235. The van der Waals surface area contributed by atoms with Crippen molar-refractivity contribution in [2.75, 3.05) is 0 Å². The average molecular weight is 527 g/mol. The Morgan fingerprint density at radius 3 is 2.19 bits per heavy atom. The molecule has 144 valence electrons. The molecule has 0 radical (unpaired) electrons. The molecular weight excluding hydrogens is 491 g/mol. The summed E-state index contributed by atoms with van der Waals surface area (Å²) in [6.45, 7) is 14.4. The zero-order chi connectivity index (χ0) is 19.6. The van der Waals surface area contributed by atoms with E-state index in [1.54, 1.807) is 27.9 Å². The van der Waals surface area contributed by atoms with Crippen molar-refractivity contribution in [3.05, 3.63) is 61.0 Å². The van der Waals surface area contributed by atoms with Gasteiger partial charge in [0.25, 0.3) is 0 Å². The van der Waals surface area contributed by atoms with E-state index >= 15 is 0 Å². The van der Waals surface area contributed by atoms with E-state index in [0.717, 1.165) is 0 Å². The Morgan fingerprint density at radius 2 is 1.52 bits per heavy atom. The van der Waals surface area contributed by atoms with Gasteiger partial charge >= 0.3 is 179 Å². The van der Waals surface area contributed by atoms with E-state index in [1.807, 2.05) is 3.33 Å². The van der Waals surface area contributed by atoms with Crippen LogP contribution in [0.4, 0.5) is 0 Å². The van der Waals surface area contributed by atoms with Gasteiger partial charge in [-0.3, -0.25) is 0 Å². The maximum absolute atomic E-state index is 2.60. The minimum atomic E-state index is -1.03. The van der Waals surface area contributed by atoms with E-state index < -0.39 is 22.9 Å². The number of hydrogen-bond donors (Lipinski definition) is 0. The van der Waals surface area contributed by atoms with E-state index in [1.165, 1.54) is 44.1 Å². The van der Waals surface area contributed by atoms with Crippen LogP contribution in [0.25, 0.3) is 6.08 Å². The van der Waals surface area contributed by atoms with Gasteiger partial charge in [-0.15, -0.1) is 0 Å². The fourth-order valence-electron chi connectivity index (χ4n) is 4.85. The Morgan fingerprint density at radius 1 is 0.889 bits per heavy atom. The molecule has 0 aliphatic heterocycles. The molecule has 0 aromatic heterocycles. The topological polar surface area (TPSA) is 0 Å². The number of unbranched alkanes of at least 4 members (excludes halogenated alkanes) is 4. The first-order valence-electron chi connectivity index (χ1n) is 10.8. The van der Waals surface area contributed by atoms with Crippen molar-refractivity contribution in [2.45, 2.75) is 89.2 Å². The molecule has 1 aromatic carbocycles. The third-order valence-corrected chi connectivity index (χ3v) is 14.5. The van der Waals surface area contributed by atoms with Crippen LogP contribution in [-0.2, 0) is 22.9 Å². The SMILES string of the molecule is CCCCCCCC1[C]([Hf][C]2(C)C(C)=C(C)C(C)=C2C)=Cc2ccccc21. The van der Waals surface area contributed by atoms with Gasteiger partial charge in [-0.2, -0.15) is 0 Å². The van der Waals surface area contributed by atoms with Gasteiger partial charge in [0.15, 0.2) is 0 Å². The van der Waals surface area contributed by atoms with Gasteiger partial charge in [0.1, 0.15) is 0 Å². The molecule has 0 fully saturated rings. The van der Waals surface area contributed by atoms with Crippen molar-refractivity contribution >= 4 is 6.08 Å². The number of hydrogen-bond acceptors (Lipinski definition) is 0. The summed E-state index contributed by atoms with van der Waals surface area (Å²) >= 11 is -1.03. The Hall–Kier alpha value is -0.690. The van der Waals surface area contributed by atoms with Crippen molar-refractivity contribution in [3.8, 4) is 0 Å². The molecule has 0 bridgehead atoms. The molecule has 0 saturated carbocycles. The average Bonchev–Trinajstić information content (AvgIpc) is 3.07. The van der Waals surface area contributed by atoms with Gasteiger partial charge < -0.3 is 0 Å². The Kier molecular flexibility index (Phi) is 6.83. The molecule has 1 unspecified atom stereocenters. The molecule has 0 saturated heterocycles. The molecule has 1 aromatic rings. The first kappa shape index (κ1) is 21.0.